The van der Waals surface area contributed by atoms with E-state index >= 15 is 0 Å². The number of hydrogen-bond acceptors (Lipinski definition) is 3. The summed E-state index contributed by atoms with van der Waals surface area (Å²) in [5.74, 6) is 0.343. The molecule has 0 bridgehead atoms. The molecule has 2 fully saturated rings. The largest absolute Gasteiger partial charge is 0.383 e. The molecular weight excluding hydrogens is 240 g/mol. The number of nitrogens with one attached hydrogen (secondary N) is 1. The Balaban J connectivity index is 1.96. The number of ether oxygens (including phenoxy) is 1. The summed E-state index contributed by atoms with van der Waals surface area (Å²) >= 11 is 0. The summed E-state index contributed by atoms with van der Waals surface area (Å²) in [6.45, 7) is 5.44. The minimum atomic E-state index is -0.119. The minimum absolute atomic E-state index is 0.119. The highest BCUT2D eigenvalue weighted by Crippen LogP contribution is 2.39. The molecule has 1 amide bonds. The lowest BCUT2D eigenvalue weighted by Gasteiger charge is -2.33. The van der Waals surface area contributed by atoms with Gasteiger partial charge in [-0.1, -0.05) is 19.8 Å². The molecule has 2 aliphatic rings. The molecule has 1 heterocycles. The molecule has 1 atom stereocenters. The Labute approximate surface area is 116 Å². The van der Waals surface area contributed by atoms with Crippen LogP contribution >= 0.6 is 0 Å². The molecule has 1 saturated carbocycles. The molecule has 0 aromatic carbocycles. The van der Waals surface area contributed by atoms with Crippen molar-refractivity contribution in [2.45, 2.75) is 51.5 Å². The van der Waals surface area contributed by atoms with Gasteiger partial charge in [-0.05, 0) is 32.2 Å². The van der Waals surface area contributed by atoms with E-state index < -0.39 is 0 Å². The maximum Gasteiger partial charge on any atom is 0.228 e. The molecule has 1 aliphatic carbocycles. The lowest BCUT2D eigenvalue weighted by molar-refractivity contribution is -0.142. The molecule has 4 heteroatoms. The van der Waals surface area contributed by atoms with E-state index in [9.17, 15) is 4.79 Å². The summed E-state index contributed by atoms with van der Waals surface area (Å²) in [7, 11) is 1.70. The first-order chi connectivity index (χ1) is 9.15. The van der Waals surface area contributed by atoms with E-state index in [4.69, 9.17) is 4.74 Å². The van der Waals surface area contributed by atoms with Crippen molar-refractivity contribution in [3.8, 4) is 0 Å². The zero-order valence-electron chi connectivity index (χ0n) is 12.4. The molecule has 110 valence electrons. The van der Waals surface area contributed by atoms with Crippen LogP contribution in [0.15, 0.2) is 0 Å². The second-order valence-electron chi connectivity index (χ2n) is 6.31. The highest BCUT2D eigenvalue weighted by molar-refractivity contribution is 5.82. The van der Waals surface area contributed by atoms with Gasteiger partial charge in [-0.3, -0.25) is 4.79 Å². The number of carbonyl (C=O) groups excluding carboxylic acids is 1. The van der Waals surface area contributed by atoms with Crippen molar-refractivity contribution in [2.75, 3.05) is 33.4 Å². The Morgan fingerprint density at radius 1 is 1.37 bits per heavy atom. The van der Waals surface area contributed by atoms with Gasteiger partial charge in [-0.15, -0.1) is 0 Å². The zero-order valence-corrected chi connectivity index (χ0v) is 12.4. The summed E-state index contributed by atoms with van der Waals surface area (Å²) in [5, 5.41) is 3.49. The maximum absolute atomic E-state index is 12.8. The summed E-state index contributed by atoms with van der Waals surface area (Å²) in [6, 6.07) is 0.478. The predicted molar refractivity (Wildman–Crippen MR) is 76.1 cm³/mol. The van der Waals surface area contributed by atoms with Gasteiger partial charge in [0.2, 0.25) is 5.91 Å². The van der Waals surface area contributed by atoms with E-state index in [0.717, 1.165) is 32.5 Å². The molecule has 2 rings (SSSR count). The topological polar surface area (TPSA) is 41.6 Å². The molecular formula is C15H28N2O2. The number of rotatable bonds is 6. The number of carbonyl (C=O) groups is 1. The van der Waals surface area contributed by atoms with Crippen LogP contribution in [0.25, 0.3) is 0 Å². The van der Waals surface area contributed by atoms with E-state index in [1.54, 1.807) is 7.11 Å². The number of nitrogens with zero attached hydrogens (tertiary/aromatic N) is 1. The molecule has 1 saturated heterocycles. The normalized spacial score (nSPS) is 25.7. The van der Waals surface area contributed by atoms with Gasteiger partial charge in [0.15, 0.2) is 0 Å². The van der Waals surface area contributed by atoms with E-state index in [-0.39, 0.29) is 5.41 Å². The van der Waals surface area contributed by atoms with Crippen molar-refractivity contribution in [1.82, 2.24) is 10.2 Å². The highest BCUT2D eigenvalue weighted by atomic mass is 16.5. The molecule has 1 aliphatic heterocycles. The molecule has 0 radical (unpaired) electrons. The van der Waals surface area contributed by atoms with Crippen LogP contribution in [0.2, 0.25) is 0 Å². The van der Waals surface area contributed by atoms with E-state index in [2.05, 4.69) is 12.2 Å². The third kappa shape index (κ3) is 3.69. The maximum atomic E-state index is 12.8. The average molecular weight is 268 g/mol. The van der Waals surface area contributed by atoms with Crippen LogP contribution in [-0.4, -0.2) is 50.2 Å². The second-order valence-corrected chi connectivity index (χ2v) is 6.31. The van der Waals surface area contributed by atoms with E-state index in [0.29, 0.717) is 18.6 Å². The third-order valence-electron chi connectivity index (χ3n) is 4.68. The van der Waals surface area contributed by atoms with E-state index in [1.807, 2.05) is 4.90 Å². The fraction of sp³-hybridized carbons (Fsp3) is 0.933. The first kappa shape index (κ1) is 14.8. The summed E-state index contributed by atoms with van der Waals surface area (Å²) in [5.41, 5.74) is -0.119. The first-order valence-corrected chi connectivity index (χ1v) is 7.67. The zero-order chi connectivity index (χ0) is 13.7. The number of hydrogen-bond donors (Lipinski definition) is 1. The molecule has 0 spiro atoms. The predicted octanol–water partition coefficient (Wildman–Crippen LogP) is 1.79. The van der Waals surface area contributed by atoms with Crippen LogP contribution in [-0.2, 0) is 9.53 Å². The van der Waals surface area contributed by atoms with Crippen LogP contribution in [0, 0.1) is 5.41 Å². The average Bonchev–Trinajstić information content (AvgIpc) is 3.06. The van der Waals surface area contributed by atoms with Crippen molar-refractivity contribution in [3.05, 3.63) is 0 Å². The molecule has 4 nitrogen and oxygen atoms in total. The van der Waals surface area contributed by atoms with Gasteiger partial charge in [-0.25, -0.2) is 0 Å². The lowest BCUT2D eigenvalue weighted by atomic mass is 9.87. The van der Waals surface area contributed by atoms with Crippen LogP contribution in [0.1, 0.15) is 45.4 Å². The second kappa shape index (κ2) is 6.71. The molecule has 0 aromatic heterocycles. The van der Waals surface area contributed by atoms with Gasteiger partial charge in [0.05, 0.1) is 6.61 Å². The molecule has 1 N–H and O–H groups in total. The van der Waals surface area contributed by atoms with E-state index in [1.165, 1.54) is 25.7 Å². The summed E-state index contributed by atoms with van der Waals surface area (Å²) in [6.07, 6.45) is 6.91. The molecule has 0 aromatic rings. The Hall–Kier alpha value is -0.610. The van der Waals surface area contributed by atoms with Gasteiger partial charge in [0.1, 0.15) is 0 Å². The monoisotopic (exact) mass is 268 g/mol. The Morgan fingerprint density at radius 2 is 2.11 bits per heavy atom. The summed E-state index contributed by atoms with van der Waals surface area (Å²) < 4.78 is 5.17. The summed E-state index contributed by atoms with van der Waals surface area (Å²) in [4.78, 5) is 14.8. The minimum Gasteiger partial charge on any atom is -0.383 e. The van der Waals surface area contributed by atoms with Gasteiger partial charge >= 0.3 is 0 Å². The molecule has 19 heavy (non-hydrogen) atoms. The first-order valence-electron chi connectivity index (χ1n) is 7.67. The quantitative estimate of drug-likeness (QED) is 0.798. The Bertz CT molecular complexity index is 295. The molecule has 1 unspecified atom stereocenters. The number of methoxy groups -OCH3 is 1. The SMILES string of the molecule is COCCN(CC1CCCN1)C(=O)C1(C)CCCC1. The van der Waals surface area contributed by atoms with Crippen molar-refractivity contribution in [2.24, 2.45) is 5.41 Å². The van der Waals surface area contributed by atoms with Crippen molar-refractivity contribution < 1.29 is 9.53 Å². The standard InChI is InChI=1S/C15H28N2O2/c1-15(7-3-4-8-15)14(18)17(10-11-19-2)12-13-6-5-9-16-13/h13,16H,3-12H2,1-2H3. The number of amides is 1. The lowest BCUT2D eigenvalue weighted by Crippen LogP contribution is -2.47. The van der Waals surface area contributed by atoms with Crippen LogP contribution in [0.5, 0.6) is 0 Å². The van der Waals surface area contributed by atoms with Crippen molar-refractivity contribution >= 4 is 5.91 Å². The smallest absolute Gasteiger partial charge is 0.228 e. The Morgan fingerprint density at radius 3 is 2.68 bits per heavy atom. The van der Waals surface area contributed by atoms with Crippen LogP contribution < -0.4 is 5.32 Å². The fourth-order valence-corrected chi connectivity index (χ4v) is 3.41. The van der Waals surface area contributed by atoms with Gasteiger partial charge in [-0.2, -0.15) is 0 Å². The van der Waals surface area contributed by atoms with Gasteiger partial charge in [0, 0.05) is 31.7 Å². The van der Waals surface area contributed by atoms with Gasteiger partial charge in [0.25, 0.3) is 0 Å². The van der Waals surface area contributed by atoms with Gasteiger partial charge < -0.3 is 15.0 Å². The fourth-order valence-electron chi connectivity index (χ4n) is 3.41. The third-order valence-corrected chi connectivity index (χ3v) is 4.68. The van der Waals surface area contributed by atoms with Crippen molar-refractivity contribution in [3.63, 3.8) is 0 Å². The van der Waals surface area contributed by atoms with Crippen molar-refractivity contribution in [1.29, 1.82) is 0 Å². The highest BCUT2D eigenvalue weighted by Gasteiger charge is 2.39. The van der Waals surface area contributed by atoms with Crippen LogP contribution in [0.4, 0.5) is 0 Å². The Kier molecular flexibility index (Phi) is 5.22. The van der Waals surface area contributed by atoms with Crippen LogP contribution in [0.3, 0.4) is 0 Å².